The van der Waals surface area contributed by atoms with Gasteiger partial charge in [0.15, 0.2) is 0 Å². The van der Waals surface area contributed by atoms with Crippen molar-refractivity contribution in [2.75, 3.05) is 23.3 Å². The van der Waals surface area contributed by atoms with E-state index >= 15 is 0 Å². The third kappa shape index (κ3) is 4.46. The van der Waals surface area contributed by atoms with Gasteiger partial charge in [0.2, 0.25) is 11.8 Å². The highest BCUT2D eigenvalue weighted by atomic mass is 19.1. The highest BCUT2D eigenvalue weighted by Crippen LogP contribution is 2.22. The Morgan fingerprint density at radius 1 is 1.07 bits per heavy atom. The van der Waals surface area contributed by atoms with Gasteiger partial charge in [0.25, 0.3) is 5.91 Å². The molecule has 1 aliphatic rings. The predicted molar refractivity (Wildman–Crippen MR) is 95.3 cm³/mol. The molecule has 2 aromatic carbocycles. The van der Waals surface area contributed by atoms with E-state index in [1.807, 2.05) is 0 Å². The smallest absolute Gasteiger partial charge is 0.254 e. The minimum absolute atomic E-state index is 0.0718. The standard InChI is InChI=1S/C19H17F2N3O3/c20-12-3-8-15(16(21)10-12)19(27)22-11-17(25)23-13-4-6-14(7-5-13)24-9-1-2-18(24)26/h3-8,10H,1-2,9,11H2,(H,22,27)(H,23,25). The van der Waals surface area contributed by atoms with E-state index in [1.54, 1.807) is 29.2 Å². The molecular formula is C19H17F2N3O3. The fraction of sp³-hybridized carbons (Fsp3) is 0.211. The Bertz CT molecular complexity index is 884. The summed E-state index contributed by atoms with van der Waals surface area (Å²) in [5, 5.41) is 4.87. The monoisotopic (exact) mass is 373 g/mol. The molecular weight excluding hydrogens is 356 g/mol. The highest BCUT2D eigenvalue weighted by Gasteiger charge is 2.21. The molecule has 3 amide bonds. The van der Waals surface area contributed by atoms with Crippen LogP contribution in [0.5, 0.6) is 0 Å². The Labute approximate surface area is 154 Å². The van der Waals surface area contributed by atoms with E-state index in [4.69, 9.17) is 0 Å². The SMILES string of the molecule is O=C(CNC(=O)c1ccc(F)cc1F)Nc1ccc(N2CCCC2=O)cc1. The second kappa shape index (κ2) is 7.94. The zero-order valence-corrected chi connectivity index (χ0v) is 14.3. The Kier molecular flexibility index (Phi) is 5.44. The summed E-state index contributed by atoms with van der Waals surface area (Å²) in [6.45, 7) is 0.304. The van der Waals surface area contributed by atoms with Gasteiger partial charge in [0.1, 0.15) is 11.6 Å². The lowest BCUT2D eigenvalue weighted by Gasteiger charge is -2.16. The molecule has 8 heteroatoms. The summed E-state index contributed by atoms with van der Waals surface area (Å²) in [6.07, 6.45) is 1.36. The quantitative estimate of drug-likeness (QED) is 0.845. The number of carbonyl (C=O) groups excluding carboxylic acids is 3. The lowest BCUT2D eigenvalue weighted by molar-refractivity contribution is -0.117. The van der Waals surface area contributed by atoms with E-state index in [1.165, 1.54) is 0 Å². The van der Waals surface area contributed by atoms with Gasteiger partial charge in [-0.2, -0.15) is 0 Å². The molecule has 2 N–H and O–H groups in total. The number of halogens is 2. The van der Waals surface area contributed by atoms with Crippen molar-refractivity contribution in [1.29, 1.82) is 0 Å². The van der Waals surface area contributed by atoms with Crippen LogP contribution in [0.15, 0.2) is 42.5 Å². The molecule has 0 unspecified atom stereocenters. The number of anilines is 2. The first-order valence-electron chi connectivity index (χ1n) is 8.37. The summed E-state index contributed by atoms with van der Waals surface area (Å²) >= 11 is 0. The van der Waals surface area contributed by atoms with Crippen LogP contribution in [0.2, 0.25) is 0 Å². The molecule has 1 fully saturated rings. The van der Waals surface area contributed by atoms with Crippen LogP contribution in [-0.4, -0.2) is 30.8 Å². The van der Waals surface area contributed by atoms with Crippen molar-refractivity contribution >= 4 is 29.1 Å². The predicted octanol–water partition coefficient (Wildman–Crippen LogP) is 2.46. The first kappa shape index (κ1) is 18.5. The van der Waals surface area contributed by atoms with Crippen LogP contribution in [0.1, 0.15) is 23.2 Å². The molecule has 1 saturated heterocycles. The Hall–Kier alpha value is -3.29. The zero-order chi connectivity index (χ0) is 19.4. The normalized spacial score (nSPS) is 13.6. The number of nitrogens with one attached hydrogen (secondary N) is 2. The van der Waals surface area contributed by atoms with Crippen molar-refractivity contribution in [3.05, 3.63) is 59.7 Å². The topological polar surface area (TPSA) is 78.5 Å². The minimum Gasteiger partial charge on any atom is -0.343 e. The van der Waals surface area contributed by atoms with Gasteiger partial charge in [-0.15, -0.1) is 0 Å². The van der Waals surface area contributed by atoms with Crippen LogP contribution < -0.4 is 15.5 Å². The number of hydrogen-bond acceptors (Lipinski definition) is 3. The molecule has 3 rings (SSSR count). The minimum atomic E-state index is -1.00. The van der Waals surface area contributed by atoms with Gasteiger partial charge in [0.05, 0.1) is 12.1 Å². The first-order valence-corrected chi connectivity index (χ1v) is 8.37. The van der Waals surface area contributed by atoms with E-state index in [2.05, 4.69) is 10.6 Å². The molecule has 0 aliphatic carbocycles. The van der Waals surface area contributed by atoms with E-state index in [0.29, 0.717) is 24.7 Å². The van der Waals surface area contributed by atoms with Crippen LogP contribution in [-0.2, 0) is 9.59 Å². The second-order valence-electron chi connectivity index (χ2n) is 6.05. The third-order valence-electron chi connectivity index (χ3n) is 4.12. The Morgan fingerprint density at radius 3 is 2.44 bits per heavy atom. The van der Waals surface area contributed by atoms with Gasteiger partial charge in [-0.25, -0.2) is 8.78 Å². The highest BCUT2D eigenvalue weighted by molar-refractivity contribution is 6.00. The summed E-state index contributed by atoms with van der Waals surface area (Å²) in [5.41, 5.74) is 0.914. The molecule has 1 heterocycles. The summed E-state index contributed by atoms with van der Waals surface area (Å²) in [7, 11) is 0. The lowest BCUT2D eigenvalue weighted by Crippen LogP contribution is -2.33. The number of rotatable bonds is 5. The van der Waals surface area contributed by atoms with Gasteiger partial charge in [-0.05, 0) is 42.8 Å². The maximum Gasteiger partial charge on any atom is 0.254 e. The van der Waals surface area contributed by atoms with Crippen molar-refractivity contribution < 1.29 is 23.2 Å². The van der Waals surface area contributed by atoms with Crippen molar-refractivity contribution in [3.63, 3.8) is 0 Å². The number of hydrogen-bond donors (Lipinski definition) is 2. The molecule has 0 bridgehead atoms. The van der Waals surface area contributed by atoms with Crippen molar-refractivity contribution in [2.24, 2.45) is 0 Å². The Balaban J connectivity index is 1.53. The largest absolute Gasteiger partial charge is 0.343 e. The van der Waals surface area contributed by atoms with Crippen LogP contribution in [0.4, 0.5) is 20.2 Å². The number of nitrogens with zero attached hydrogens (tertiary/aromatic N) is 1. The fourth-order valence-electron chi connectivity index (χ4n) is 2.78. The summed E-state index contributed by atoms with van der Waals surface area (Å²) < 4.78 is 26.4. The van der Waals surface area contributed by atoms with Gasteiger partial charge in [-0.1, -0.05) is 0 Å². The first-order chi connectivity index (χ1) is 12.9. The van der Waals surface area contributed by atoms with E-state index in [9.17, 15) is 23.2 Å². The molecule has 0 spiro atoms. The van der Waals surface area contributed by atoms with Gasteiger partial charge >= 0.3 is 0 Å². The van der Waals surface area contributed by atoms with E-state index < -0.39 is 23.4 Å². The van der Waals surface area contributed by atoms with Crippen molar-refractivity contribution in [1.82, 2.24) is 5.32 Å². The number of benzene rings is 2. The molecule has 0 atom stereocenters. The van der Waals surface area contributed by atoms with Crippen LogP contribution in [0.25, 0.3) is 0 Å². The number of carbonyl (C=O) groups is 3. The molecule has 1 aliphatic heterocycles. The molecule has 0 radical (unpaired) electrons. The van der Waals surface area contributed by atoms with Gasteiger partial charge < -0.3 is 15.5 Å². The maximum absolute atomic E-state index is 13.5. The summed E-state index contributed by atoms with van der Waals surface area (Å²) in [5.74, 6) is -3.04. The molecule has 0 saturated carbocycles. The molecule has 0 aromatic heterocycles. The Morgan fingerprint density at radius 2 is 1.81 bits per heavy atom. The molecule has 27 heavy (non-hydrogen) atoms. The molecule has 2 aromatic rings. The van der Waals surface area contributed by atoms with Gasteiger partial charge in [-0.3, -0.25) is 14.4 Å². The van der Waals surface area contributed by atoms with Crippen LogP contribution in [0, 0.1) is 11.6 Å². The second-order valence-corrected chi connectivity index (χ2v) is 6.05. The zero-order valence-electron chi connectivity index (χ0n) is 14.3. The van der Waals surface area contributed by atoms with E-state index in [-0.39, 0.29) is 18.0 Å². The van der Waals surface area contributed by atoms with Gasteiger partial charge in [0, 0.05) is 30.4 Å². The maximum atomic E-state index is 13.5. The average molecular weight is 373 g/mol. The lowest BCUT2D eigenvalue weighted by atomic mass is 10.2. The average Bonchev–Trinajstić information content (AvgIpc) is 3.06. The van der Waals surface area contributed by atoms with Crippen molar-refractivity contribution in [2.45, 2.75) is 12.8 Å². The molecule has 140 valence electrons. The van der Waals surface area contributed by atoms with Crippen LogP contribution >= 0.6 is 0 Å². The summed E-state index contributed by atoms with van der Waals surface area (Å²) in [4.78, 5) is 37.2. The van der Waals surface area contributed by atoms with Crippen LogP contribution in [0.3, 0.4) is 0 Å². The molecule has 6 nitrogen and oxygen atoms in total. The van der Waals surface area contributed by atoms with E-state index in [0.717, 1.165) is 24.2 Å². The summed E-state index contributed by atoms with van der Waals surface area (Å²) in [6, 6.07) is 9.33. The number of amides is 3. The third-order valence-corrected chi connectivity index (χ3v) is 4.12. The van der Waals surface area contributed by atoms with Crippen molar-refractivity contribution in [3.8, 4) is 0 Å². The fourth-order valence-corrected chi connectivity index (χ4v) is 2.78.